The van der Waals surface area contributed by atoms with Gasteiger partial charge in [-0.05, 0) is 55.3 Å². The first kappa shape index (κ1) is 17.4. The van der Waals surface area contributed by atoms with Gasteiger partial charge in [-0.15, -0.1) is 0 Å². The number of hydrogen-bond acceptors (Lipinski definition) is 4. The van der Waals surface area contributed by atoms with Crippen LogP contribution in [-0.2, 0) is 4.79 Å². The number of benzene rings is 2. The van der Waals surface area contributed by atoms with Gasteiger partial charge < -0.3 is 10.2 Å². The molecule has 1 atom stereocenters. The number of carbonyl (C=O) groups excluding carboxylic acids is 1. The Morgan fingerprint density at radius 2 is 2.08 bits per heavy atom. The molecule has 1 aliphatic rings. The van der Waals surface area contributed by atoms with Gasteiger partial charge in [0.15, 0.2) is 5.13 Å². The first-order valence-corrected chi connectivity index (χ1v) is 10.1. The molecular weight excluding hydrogens is 417 g/mol. The summed E-state index contributed by atoms with van der Waals surface area (Å²) < 4.78 is 15.2. The number of thiazole rings is 1. The van der Waals surface area contributed by atoms with Gasteiger partial charge in [0, 0.05) is 23.2 Å². The summed E-state index contributed by atoms with van der Waals surface area (Å²) >= 11 is 4.87. The van der Waals surface area contributed by atoms with Gasteiger partial charge in [-0.3, -0.25) is 4.79 Å². The number of carbonyl (C=O) groups is 1. The summed E-state index contributed by atoms with van der Waals surface area (Å²) in [6.07, 6.45) is 1.79. The molecular formula is C19H17BrFN3OS. The number of halogens is 2. The highest BCUT2D eigenvalue weighted by molar-refractivity contribution is 9.10. The summed E-state index contributed by atoms with van der Waals surface area (Å²) in [7, 11) is 0. The van der Waals surface area contributed by atoms with E-state index < -0.39 is 0 Å². The highest BCUT2D eigenvalue weighted by Gasteiger charge is 2.27. The smallest absolute Gasteiger partial charge is 0.229 e. The molecule has 4 nitrogen and oxygen atoms in total. The van der Waals surface area contributed by atoms with Gasteiger partial charge in [0.1, 0.15) is 5.82 Å². The van der Waals surface area contributed by atoms with E-state index in [0.29, 0.717) is 6.54 Å². The van der Waals surface area contributed by atoms with Crippen LogP contribution in [0.25, 0.3) is 10.2 Å². The number of aromatic nitrogens is 1. The van der Waals surface area contributed by atoms with E-state index in [0.717, 1.165) is 44.9 Å². The average Bonchev–Trinajstić information content (AvgIpc) is 3.07. The second-order valence-corrected chi connectivity index (χ2v) is 8.31. The van der Waals surface area contributed by atoms with E-state index in [1.165, 1.54) is 23.5 Å². The van der Waals surface area contributed by atoms with Crippen LogP contribution >= 0.6 is 27.3 Å². The van der Waals surface area contributed by atoms with Crippen LogP contribution in [0.5, 0.6) is 0 Å². The summed E-state index contributed by atoms with van der Waals surface area (Å²) in [5.74, 6) is -0.307. The van der Waals surface area contributed by atoms with E-state index in [9.17, 15) is 9.18 Å². The minimum absolute atomic E-state index is 0.0316. The number of piperidine rings is 1. The normalized spacial score (nSPS) is 17.5. The van der Waals surface area contributed by atoms with E-state index in [1.54, 1.807) is 6.07 Å². The summed E-state index contributed by atoms with van der Waals surface area (Å²) in [5.41, 5.74) is 1.60. The van der Waals surface area contributed by atoms with Crippen LogP contribution in [0.3, 0.4) is 0 Å². The molecule has 1 saturated heterocycles. The number of nitrogens with one attached hydrogen (secondary N) is 1. The Morgan fingerprint density at radius 1 is 1.27 bits per heavy atom. The maximum absolute atomic E-state index is 13.4. The second-order valence-electron chi connectivity index (χ2n) is 6.39. The SMILES string of the molecule is O=C(Nc1ccc(Br)cc1)C1CCCN(c2nc3ccc(F)cc3s2)C1. The maximum Gasteiger partial charge on any atom is 0.229 e. The number of fused-ring (bicyclic) bond motifs is 1. The van der Waals surface area contributed by atoms with Crippen LogP contribution < -0.4 is 10.2 Å². The van der Waals surface area contributed by atoms with E-state index in [2.05, 4.69) is 31.1 Å². The van der Waals surface area contributed by atoms with Gasteiger partial charge in [-0.25, -0.2) is 9.37 Å². The molecule has 1 N–H and O–H groups in total. The van der Waals surface area contributed by atoms with Crippen LogP contribution in [0, 0.1) is 11.7 Å². The van der Waals surface area contributed by atoms with Gasteiger partial charge in [0.05, 0.1) is 16.1 Å². The highest BCUT2D eigenvalue weighted by Crippen LogP contribution is 2.32. The molecule has 134 valence electrons. The van der Waals surface area contributed by atoms with Crippen molar-refractivity contribution in [2.75, 3.05) is 23.3 Å². The molecule has 2 aromatic carbocycles. The van der Waals surface area contributed by atoms with E-state index >= 15 is 0 Å². The van der Waals surface area contributed by atoms with Crippen molar-refractivity contribution in [3.8, 4) is 0 Å². The number of nitrogens with zero attached hydrogens (tertiary/aromatic N) is 2. The molecule has 1 unspecified atom stereocenters. The van der Waals surface area contributed by atoms with Gasteiger partial charge >= 0.3 is 0 Å². The first-order valence-electron chi connectivity index (χ1n) is 8.46. The Bertz CT molecular complexity index is 944. The van der Waals surface area contributed by atoms with Crippen LogP contribution in [0.2, 0.25) is 0 Å². The number of rotatable bonds is 3. The van der Waals surface area contributed by atoms with Gasteiger partial charge in [-0.1, -0.05) is 27.3 Å². The number of hydrogen-bond donors (Lipinski definition) is 1. The Kier molecular flexibility index (Phi) is 4.91. The maximum atomic E-state index is 13.4. The molecule has 0 spiro atoms. The molecule has 0 aliphatic carbocycles. The standard InChI is InChI=1S/C19H17BrFN3OS/c20-13-3-6-15(7-4-13)22-18(25)12-2-1-9-24(11-12)19-23-16-8-5-14(21)10-17(16)26-19/h3-8,10,12H,1-2,9,11H2,(H,22,25). The number of amides is 1. The zero-order valence-electron chi connectivity index (χ0n) is 13.9. The van der Waals surface area contributed by atoms with Gasteiger partial charge in [0.2, 0.25) is 5.91 Å². The molecule has 2 heterocycles. The summed E-state index contributed by atoms with van der Waals surface area (Å²) in [4.78, 5) is 19.4. The Morgan fingerprint density at radius 3 is 2.88 bits per heavy atom. The van der Waals surface area contributed by atoms with E-state index in [4.69, 9.17) is 0 Å². The van der Waals surface area contributed by atoms with Crippen molar-refractivity contribution in [3.05, 3.63) is 52.8 Å². The lowest BCUT2D eigenvalue weighted by atomic mass is 9.97. The van der Waals surface area contributed by atoms with E-state index in [1.807, 2.05) is 24.3 Å². The fourth-order valence-electron chi connectivity index (χ4n) is 3.16. The third-order valence-electron chi connectivity index (χ3n) is 4.51. The van der Waals surface area contributed by atoms with Crippen molar-refractivity contribution in [2.45, 2.75) is 12.8 Å². The fraction of sp³-hybridized carbons (Fsp3) is 0.263. The predicted molar refractivity (Wildman–Crippen MR) is 107 cm³/mol. The third kappa shape index (κ3) is 3.73. The van der Waals surface area contributed by atoms with Crippen molar-refractivity contribution in [1.29, 1.82) is 0 Å². The summed E-state index contributed by atoms with van der Waals surface area (Å²) in [5, 5.41) is 3.85. The lowest BCUT2D eigenvalue weighted by Crippen LogP contribution is -2.40. The quantitative estimate of drug-likeness (QED) is 0.628. The largest absolute Gasteiger partial charge is 0.347 e. The minimum Gasteiger partial charge on any atom is -0.347 e. The molecule has 1 aliphatic heterocycles. The minimum atomic E-state index is -0.252. The molecule has 26 heavy (non-hydrogen) atoms. The molecule has 7 heteroatoms. The predicted octanol–water partition coefficient (Wildman–Crippen LogP) is 5.05. The van der Waals surface area contributed by atoms with Crippen molar-refractivity contribution in [3.63, 3.8) is 0 Å². The molecule has 1 fully saturated rings. The van der Waals surface area contributed by atoms with Crippen LogP contribution in [0.4, 0.5) is 15.2 Å². The van der Waals surface area contributed by atoms with Gasteiger partial charge in [0.25, 0.3) is 0 Å². The molecule has 4 rings (SSSR count). The van der Waals surface area contributed by atoms with Gasteiger partial charge in [-0.2, -0.15) is 0 Å². The monoisotopic (exact) mass is 433 g/mol. The topological polar surface area (TPSA) is 45.2 Å². The second kappa shape index (κ2) is 7.32. The zero-order chi connectivity index (χ0) is 18.1. The molecule has 3 aromatic rings. The Labute approximate surface area is 163 Å². The fourth-order valence-corrected chi connectivity index (χ4v) is 4.45. The first-order chi connectivity index (χ1) is 12.6. The third-order valence-corrected chi connectivity index (χ3v) is 6.12. The lowest BCUT2D eigenvalue weighted by molar-refractivity contribution is -0.120. The van der Waals surface area contributed by atoms with E-state index in [-0.39, 0.29) is 17.6 Å². The Balaban J connectivity index is 1.47. The number of anilines is 2. The lowest BCUT2D eigenvalue weighted by Gasteiger charge is -2.31. The molecule has 0 radical (unpaired) electrons. The molecule has 1 aromatic heterocycles. The summed E-state index contributed by atoms with van der Waals surface area (Å²) in [6, 6.07) is 12.2. The molecule has 0 bridgehead atoms. The van der Waals surface area contributed by atoms with Crippen molar-refractivity contribution in [2.24, 2.45) is 5.92 Å². The molecule has 1 amide bonds. The summed E-state index contributed by atoms with van der Waals surface area (Å²) in [6.45, 7) is 1.50. The van der Waals surface area contributed by atoms with Crippen molar-refractivity contribution in [1.82, 2.24) is 4.98 Å². The Hall–Kier alpha value is -1.99. The molecule has 0 saturated carbocycles. The van der Waals surface area contributed by atoms with Crippen LogP contribution in [-0.4, -0.2) is 24.0 Å². The average molecular weight is 434 g/mol. The van der Waals surface area contributed by atoms with Crippen molar-refractivity contribution < 1.29 is 9.18 Å². The highest BCUT2D eigenvalue weighted by atomic mass is 79.9. The van der Waals surface area contributed by atoms with Crippen molar-refractivity contribution >= 4 is 54.2 Å². The van der Waals surface area contributed by atoms with Crippen LogP contribution in [0.1, 0.15) is 12.8 Å². The van der Waals surface area contributed by atoms with Crippen LogP contribution in [0.15, 0.2) is 46.9 Å². The zero-order valence-corrected chi connectivity index (χ0v) is 16.3.